The van der Waals surface area contributed by atoms with E-state index in [-0.39, 0.29) is 17.0 Å². The van der Waals surface area contributed by atoms with E-state index >= 15 is 0 Å². The highest BCUT2D eigenvalue weighted by molar-refractivity contribution is 5.96. The lowest BCUT2D eigenvalue weighted by atomic mass is 10.2. The van der Waals surface area contributed by atoms with E-state index in [4.69, 9.17) is 9.26 Å². The zero-order valence-corrected chi connectivity index (χ0v) is 11.8. The Bertz CT molecular complexity index is 708. The summed E-state index contributed by atoms with van der Waals surface area (Å²) < 4.78 is 35.7. The predicted octanol–water partition coefficient (Wildman–Crippen LogP) is 2.37. The number of amides is 1. The van der Waals surface area contributed by atoms with Gasteiger partial charge in [-0.25, -0.2) is 13.6 Å². The van der Waals surface area contributed by atoms with Crippen LogP contribution in [-0.2, 0) is 9.53 Å². The van der Waals surface area contributed by atoms with Gasteiger partial charge in [0.15, 0.2) is 6.61 Å². The Labute approximate surface area is 124 Å². The molecule has 116 valence electrons. The topological polar surface area (TPSA) is 81.4 Å². The fourth-order valence-corrected chi connectivity index (χ4v) is 1.75. The molecule has 0 bridgehead atoms. The van der Waals surface area contributed by atoms with Crippen molar-refractivity contribution in [1.82, 2.24) is 5.16 Å². The zero-order valence-electron chi connectivity index (χ0n) is 11.8. The predicted molar refractivity (Wildman–Crippen MR) is 71.2 cm³/mol. The van der Waals surface area contributed by atoms with Crippen LogP contribution in [0.1, 0.15) is 21.8 Å². The number of esters is 1. The molecule has 1 amide bonds. The second-order valence-electron chi connectivity index (χ2n) is 4.45. The number of hydrogen-bond acceptors (Lipinski definition) is 5. The molecule has 0 spiro atoms. The van der Waals surface area contributed by atoms with Gasteiger partial charge < -0.3 is 14.6 Å². The smallest absolute Gasteiger partial charge is 0.344 e. The number of halogens is 2. The van der Waals surface area contributed by atoms with Gasteiger partial charge in [-0.1, -0.05) is 5.16 Å². The molecule has 0 aliphatic heterocycles. The molecule has 2 aromatic rings. The minimum atomic E-state index is -0.926. The Hall–Kier alpha value is -2.77. The first kappa shape index (κ1) is 15.6. The van der Waals surface area contributed by atoms with E-state index in [1.165, 1.54) is 6.92 Å². The van der Waals surface area contributed by atoms with E-state index in [0.29, 0.717) is 11.8 Å². The molecule has 1 aromatic heterocycles. The molecular weight excluding hydrogens is 298 g/mol. The maximum Gasteiger partial charge on any atom is 0.344 e. The number of rotatable bonds is 4. The molecule has 22 heavy (non-hydrogen) atoms. The number of carbonyl (C=O) groups is 2. The molecule has 0 fully saturated rings. The molecule has 0 aliphatic rings. The second-order valence-corrected chi connectivity index (χ2v) is 4.45. The third-order valence-electron chi connectivity index (χ3n) is 2.78. The minimum Gasteiger partial charge on any atom is -0.452 e. The maximum atomic E-state index is 13.4. The highest BCUT2D eigenvalue weighted by atomic mass is 19.1. The van der Waals surface area contributed by atoms with Crippen LogP contribution in [0.3, 0.4) is 0 Å². The van der Waals surface area contributed by atoms with Crippen LogP contribution in [0.15, 0.2) is 22.7 Å². The van der Waals surface area contributed by atoms with Crippen LogP contribution in [0.25, 0.3) is 0 Å². The van der Waals surface area contributed by atoms with E-state index in [0.717, 1.165) is 12.1 Å². The molecule has 1 aromatic carbocycles. The fraction of sp³-hybridized carbons (Fsp3) is 0.214. The van der Waals surface area contributed by atoms with Crippen molar-refractivity contribution >= 4 is 17.6 Å². The molecule has 0 saturated heterocycles. The Kier molecular flexibility index (Phi) is 4.50. The average molecular weight is 310 g/mol. The third kappa shape index (κ3) is 3.46. The molecule has 0 saturated carbocycles. The summed E-state index contributed by atoms with van der Waals surface area (Å²) in [6.45, 7) is 2.46. The fourth-order valence-electron chi connectivity index (χ4n) is 1.75. The van der Waals surface area contributed by atoms with Gasteiger partial charge in [0.1, 0.15) is 23.0 Å². The summed E-state index contributed by atoms with van der Waals surface area (Å²) in [4.78, 5) is 23.4. The average Bonchev–Trinajstić information content (AvgIpc) is 2.79. The lowest BCUT2D eigenvalue weighted by molar-refractivity contribution is -0.119. The SMILES string of the molecule is Cc1noc(C)c1C(=O)OCC(=O)Nc1ccc(F)cc1F. The molecule has 0 atom stereocenters. The molecule has 0 radical (unpaired) electrons. The van der Waals surface area contributed by atoms with Gasteiger partial charge in [0, 0.05) is 6.07 Å². The first-order chi connectivity index (χ1) is 10.4. The summed E-state index contributed by atoms with van der Waals surface area (Å²) in [5.74, 6) is -2.95. The minimum absolute atomic E-state index is 0.140. The molecule has 8 heteroatoms. The lowest BCUT2D eigenvalue weighted by Gasteiger charge is -2.07. The quantitative estimate of drug-likeness (QED) is 0.877. The normalized spacial score (nSPS) is 10.4. The van der Waals surface area contributed by atoms with Crippen molar-refractivity contribution in [2.45, 2.75) is 13.8 Å². The molecule has 2 rings (SSSR count). The molecule has 1 heterocycles. The third-order valence-corrected chi connectivity index (χ3v) is 2.78. The summed E-state index contributed by atoms with van der Waals surface area (Å²) in [7, 11) is 0. The van der Waals surface area contributed by atoms with Crippen LogP contribution in [0.5, 0.6) is 0 Å². The van der Waals surface area contributed by atoms with Gasteiger partial charge in [-0.2, -0.15) is 0 Å². The van der Waals surface area contributed by atoms with Crippen molar-refractivity contribution < 1.29 is 27.6 Å². The summed E-state index contributed by atoms with van der Waals surface area (Å²) in [5, 5.41) is 5.76. The highest BCUT2D eigenvalue weighted by Crippen LogP contribution is 2.15. The summed E-state index contributed by atoms with van der Waals surface area (Å²) in [6, 6.07) is 2.69. The van der Waals surface area contributed by atoms with Gasteiger partial charge >= 0.3 is 5.97 Å². The van der Waals surface area contributed by atoms with Crippen LogP contribution in [0.4, 0.5) is 14.5 Å². The van der Waals surface area contributed by atoms with Crippen molar-refractivity contribution in [2.75, 3.05) is 11.9 Å². The monoisotopic (exact) mass is 310 g/mol. The lowest BCUT2D eigenvalue weighted by Crippen LogP contribution is -2.21. The Morgan fingerprint density at radius 2 is 2.05 bits per heavy atom. The van der Waals surface area contributed by atoms with Gasteiger partial charge in [-0.05, 0) is 26.0 Å². The number of anilines is 1. The molecular formula is C14H12F2N2O4. The summed E-state index contributed by atoms with van der Waals surface area (Å²) in [5.41, 5.74) is 0.271. The largest absolute Gasteiger partial charge is 0.452 e. The van der Waals surface area contributed by atoms with Crippen molar-refractivity contribution in [3.8, 4) is 0 Å². The van der Waals surface area contributed by atoms with Crippen LogP contribution >= 0.6 is 0 Å². The van der Waals surface area contributed by atoms with Crippen molar-refractivity contribution in [1.29, 1.82) is 0 Å². The van der Waals surface area contributed by atoms with E-state index in [1.54, 1.807) is 6.92 Å². The Morgan fingerprint density at radius 3 is 2.64 bits per heavy atom. The standard InChI is InChI=1S/C14H12F2N2O4/c1-7-13(8(2)22-18-7)14(20)21-6-12(19)17-11-4-3-9(15)5-10(11)16/h3-5H,6H2,1-2H3,(H,17,19). The number of carbonyl (C=O) groups excluding carboxylic acids is 2. The number of hydrogen-bond donors (Lipinski definition) is 1. The molecule has 6 nitrogen and oxygen atoms in total. The van der Waals surface area contributed by atoms with Gasteiger partial charge in [-0.15, -0.1) is 0 Å². The highest BCUT2D eigenvalue weighted by Gasteiger charge is 2.20. The van der Waals surface area contributed by atoms with E-state index in [2.05, 4.69) is 10.5 Å². The van der Waals surface area contributed by atoms with Gasteiger partial charge in [0.2, 0.25) is 0 Å². The van der Waals surface area contributed by atoms with Crippen LogP contribution in [0, 0.1) is 25.5 Å². The Balaban J connectivity index is 1.94. The number of nitrogens with one attached hydrogen (secondary N) is 1. The van der Waals surface area contributed by atoms with Crippen molar-refractivity contribution in [2.24, 2.45) is 0 Å². The number of benzene rings is 1. The van der Waals surface area contributed by atoms with Gasteiger partial charge in [-0.3, -0.25) is 4.79 Å². The second kappa shape index (κ2) is 6.33. The summed E-state index contributed by atoms with van der Waals surface area (Å²) >= 11 is 0. The summed E-state index contributed by atoms with van der Waals surface area (Å²) in [6.07, 6.45) is 0. The van der Waals surface area contributed by atoms with Crippen LogP contribution in [0.2, 0.25) is 0 Å². The van der Waals surface area contributed by atoms with E-state index in [1.807, 2.05) is 0 Å². The van der Waals surface area contributed by atoms with Crippen LogP contribution < -0.4 is 5.32 Å². The molecule has 1 N–H and O–H groups in total. The van der Waals surface area contributed by atoms with Gasteiger partial charge in [0.25, 0.3) is 5.91 Å². The van der Waals surface area contributed by atoms with Crippen molar-refractivity contribution in [3.63, 3.8) is 0 Å². The van der Waals surface area contributed by atoms with E-state index in [9.17, 15) is 18.4 Å². The van der Waals surface area contributed by atoms with Crippen LogP contribution in [-0.4, -0.2) is 23.6 Å². The number of ether oxygens (including phenoxy) is 1. The van der Waals surface area contributed by atoms with Gasteiger partial charge in [0.05, 0.1) is 11.4 Å². The first-order valence-corrected chi connectivity index (χ1v) is 6.23. The maximum absolute atomic E-state index is 13.4. The molecule has 0 aliphatic carbocycles. The number of aromatic nitrogens is 1. The van der Waals surface area contributed by atoms with E-state index < -0.39 is 30.1 Å². The number of aryl methyl sites for hydroxylation is 2. The molecule has 0 unspecified atom stereocenters. The first-order valence-electron chi connectivity index (χ1n) is 6.23. The zero-order chi connectivity index (χ0) is 16.3. The van der Waals surface area contributed by atoms with Crippen molar-refractivity contribution in [3.05, 3.63) is 46.9 Å². The number of nitrogens with zero attached hydrogens (tertiary/aromatic N) is 1. The Morgan fingerprint density at radius 1 is 1.32 bits per heavy atom.